The van der Waals surface area contributed by atoms with E-state index in [0.717, 1.165) is 18.6 Å². The second-order valence-corrected chi connectivity index (χ2v) is 5.24. The van der Waals surface area contributed by atoms with Gasteiger partial charge in [-0.2, -0.15) is 0 Å². The van der Waals surface area contributed by atoms with Crippen LogP contribution in [0, 0.1) is 0 Å². The monoisotopic (exact) mass is 233 g/mol. The minimum Gasteiger partial charge on any atom is -0.311 e. The van der Waals surface area contributed by atoms with Crippen molar-refractivity contribution >= 4 is 21.6 Å². The van der Waals surface area contributed by atoms with Gasteiger partial charge in [-0.15, -0.1) is 11.3 Å². The molecule has 3 rings (SSSR count). The van der Waals surface area contributed by atoms with Crippen LogP contribution in [0.1, 0.15) is 18.5 Å². The van der Waals surface area contributed by atoms with Crippen LogP contribution < -0.4 is 10.6 Å². The summed E-state index contributed by atoms with van der Waals surface area (Å²) < 4.78 is 1.26. The highest BCUT2D eigenvalue weighted by Gasteiger charge is 2.18. The average Bonchev–Trinajstić information content (AvgIpc) is 2.77. The van der Waals surface area contributed by atoms with Crippen molar-refractivity contribution in [3.63, 3.8) is 0 Å². The lowest BCUT2D eigenvalue weighted by Crippen LogP contribution is -2.48. The van der Waals surface area contributed by atoms with Gasteiger partial charge in [0.1, 0.15) is 0 Å². The highest BCUT2D eigenvalue weighted by atomic mass is 32.1. The number of hydrogen-bond acceptors (Lipinski definition) is 4. The summed E-state index contributed by atoms with van der Waals surface area (Å²) in [6.07, 6.45) is 0. The van der Waals surface area contributed by atoms with Crippen molar-refractivity contribution < 1.29 is 0 Å². The van der Waals surface area contributed by atoms with Crippen LogP contribution in [0.3, 0.4) is 0 Å². The zero-order valence-electron chi connectivity index (χ0n) is 9.23. The Balaban J connectivity index is 1.87. The Kier molecular flexibility index (Phi) is 2.63. The van der Waals surface area contributed by atoms with E-state index >= 15 is 0 Å². The van der Waals surface area contributed by atoms with Crippen molar-refractivity contribution in [3.05, 3.63) is 29.3 Å². The molecule has 1 saturated heterocycles. The Bertz CT molecular complexity index is 486. The molecule has 1 aromatic carbocycles. The predicted octanol–water partition coefficient (Wildman–Crippen LogP) is 1.92. The van der Waals surface area contributed by atoms with Gasteiger partial charge in [-0.3, -0.25) is 0 Å². The Morgan fingerprint density at radius 1 is 1.31 bits per heavy atom. The standard InChI is InChI=1S/C12H15N3S/c1-8-5-14-11(6-13-8)9-2-3-12-10(4-9)15-7-16-12/h2-4,7-8,11,13-14H,5-6H2,1H3/t8-,11?/m0/s1. The number of rotatable bonds is 1. The quantitative estimate of drug-likeness (QED) is 0.790. The molecule has 0 radical (unpaired) electrons. The van der Waals surface area contributed by atoms with Crippen LogP contribution in [0.2, 0.25) is 0 Å². The maximum absolute atomic E-state index is 4.36. The number of nitrogens with one attached hydrogen (secondary N) is 2. The molecular weight excluding hydrogens is 218 g/mol. The summed E-state index contributed by atoms with van der Waals surface area (Å²) in [5.74, 6) is 0. The summed E-state index contributed by atoms with van der Waals surface area (Å²) in [4.78, 5) is 4.36. The number of fused-ring (bicyclic) bond motifs is 1. The second-order valence-electron chi connectivity index (χ2n) is 4.35. The summed E-state index contributed by atoms with van der Waals surface area (Å²) in [7, 11) is 0. The topological polar surface area (TPSA) is 37.0 Å². The number of aromatic nitrogens is 1. The summed E-state index contributed by atoms with van der Waals surface area (Å²) >= 11 is 1.70. The van der Waals surface area contributed by atoms with Gasteiger partial charge in [-0.1, -0.05) is 6.07 Å². The van der Waals surface area contributed by atoms with E-state index in [1.807, 2.05) is 5.51 Å². The fraction of sp³-hybridized carbons (Fsp3) is 0.417. The largest absolute Gasteiger partial charge is 0.311 e. The Morgan fingerprint density at radius 3 is 3.06 bits per heavy atom. The molecular formula is C12H15N3S. The molecule has 2 aromatic rings. The van der Waals surface area contributed by atoms with Gasteiger partial charge in [-0.25, -0.2) is 4.98 Å². The van der Waals surface area contributed by atoms with Crippen molar-refractivity contribution in [2.75, 3.05) is 13.1 Å². The molecule has 16 heavy (non-hydrogen) atoms. The molecule has 1 fully saturated rings. The van der Waals surface area contributed by atoms with Crippen molar-refractivity contribution in [1.82, 2.24) is 15.6 Å². The molecule has 0 aliphatic carbocycles. The van der Waals surface area contributed by atoms with E-state index in [1.165, 1.54) is 10.3 Å². The van der Waals surface area contributed by atoms with Gasteiger partial charge < -0.3 is 10.6 Å². The van der Waals surface area contributed by atoms with Gasteiger partial charge in [0.05, 0.1) is 15.7 Å². The van der Waals surface area contributed by atoms with Crippen LogP contribution >= 0.6 is 11.3 Å². The number of piperazine rings is 1. The molecule has 0 amide bonds. The Morgan fingerprint density at radius 2 is 2.25 bits per heavy atom. The normalized spacial score (nSPS) is 26.1. The first-order chi connectivity index (χ1) is 7.83. The predicted molar refractivity (Wildman–Crippen MR) is 67.8 cm³/mol. The van der Waals surface area contributed by atoms with Crippen molar-refractivity contribution in [1.29, 1.82) is 0 Å². The molecule has 1 aliphatic rings. The molecule has 2 atom stereocenters. The first-order valence-corrected chi connectivity index (χ1v) is 6.51. The fourth-order valence-corrected chi connectivity index (χ4v) is 2.77. The van der Waals surface area contributed by atoms with E-state index in [2.05, 4.69) is 40.7 Å². The van der Waals surface area contributed by atoms with Gasteiger partial charge >= 0.3 is 0 Å². The number of nitrogens with zero attached hydrogens (tertiary/aromatic N) is 1. The van der Waals surface area contributed by atoms with E-state index < -0.39 is 0 Å². The Hall–Kier alpha value is -0.970. The van der Waals surface area contributed by atoms with E-state index in [0.29, 0.717) is 12.1 Å². The maximum atomic E-state index is 4.36. The first-order valence-electron chi connectivity index (χ1n) is 5.63. The van der Waals surface area contributed by atoms with E-state index in [1.54, 1.807) is 11.3 Å². The van der Waals surface area contributed by atoms with Crippen LogP contribution in [-0.4, -0.2) is 24.1 Å². The van der Waals surface area contributed by atoms with Crippen LogP contribution in [0.15, 0.2) is 23.7 Å². The van der Waals surface area contributed by atoms with Gasteiger partial charge in [0.25, 0.3) is 0 Å². The van der Waals surface area contributed by atoms with Gasteiger partial charge in [-0.05, 0) is 24.6 Å². The highest BCUT2D eigenvalue weighted by molar-refractivity contribution is 7.16. The molecule has 2 heterocycles. The highest BCUT2D eigenvalue weighted by Crippen LogP contribution is 2.23. The molecule has 0 bridgehead atoms. The summed E-state index contributed by atoms with van der Waals surface area (Å²) in [5.41, 5.74) is 4.35. The molecule has 84 valence electrons. The molecule has 1 aromatic heterocycles. The van der Waals surface area contributed by atoms with E-state index in [9.17, 15) is 0 Å². The number of hydrogen-bond donors (Lipinski definition) is 2. The average molecular weight is 233 g/mol. The lowest BCUT2D eigenvalue weighted by atomic mass is 10.0. The van der Waals surface area contributed by atoms with E-state index in [4.69, 9.17) is 0 Å². The van der Waals surface area contributed by atoms with Crippen LogP contribution in [0.25, 0.3) is 10.2 Å². The minimum absolute atomic E-state index is 0.419. The third-order valence-electron chi connectivity index (χ3n) is 3.10. The maximum Gasteiger partial charge on any atom is 0.0815 e. The molecule has 0 saturated carbocycles. The summed E-state index contributed by atoms with van der Waals surface area (Å²) in [5, 5.41) is 7.05. The van der Waals surface area contributed by atoms with Crippen molar-refractivity contribution in [2.45, 2.75) is 19.0 Å². The van der Waals surface area contributed by atoms with E-state index in [-0.39, 0.29) is 0 Å². The lowest BCUT2D eigenvalue weighted by molar-refractivity contribution is 0.367. The van der Waals surface area contributed by atoms with Crippen LogP contribution in [-0.2, 0) is 0 Å². The van der Waals surface area contributed by atoms with Crippen LogP contribution in [0.5, 0.6) is 0 Å². The fourth-order valence-electron chi connectivity index (χ4n) is 2.11. The van der Waals surface area contributed by atoms with Crippen molar-refractivity contribution in [2.24, 2.45) is 0 Å². The second kappa shape index (κ2) is 4.13. The zero-order chi connectivity index (χ0) is 11.0. The summed E-state index contributed by atoms with van der Waals surface area (Å²) in [6, 6.07) is 7.56. The minimum atomic E-state index is 0.419. The summed E-state index contributed by atoms with van der Waals surface area (Å²) in [6.45, 7) is 4.23. The SMILES string of the molecule is C[C@H]1CNC(c2ccc3scnc3c2)CN1. The smallest absolute Gasteiger partial charge is 0.0815 e. The molecule has 1 aliphatic heterocycles. The van der Waals surface area contributed by atoms with Crippen LogP contribution in [0.4, 0.5) is 0 Å². The Labute approximate surface area is 98.9 Å². The van der Waals surface area contributed by atoms with Gasteiger partial charge in [0.15, 0.2) is 0 Å². The number of benzene rings is 1. The molecule has 1 unspecified atom stereocenters. The van der Waals surface area contributed by atoms with Gasteiger partial charge in [0.2, 0.25) is 0 Å². The lowest BCUT2D eigenvalue weighted by Gasteiger charge is -2.29. The molecule has 4 heteroatoms. The third-order valence-corrected chi connectivity index (χ3v) is 3.91. The van der Waals surface area contributed by atoms with Gasteiger partial charge in [0, 0.05) is 25.2 Å². The zero-order valence-corrected chi connectivity index (χ0v) is 10.1. The molecule has 3 nitrogen and oxygen atoms in total. The molecule has 2 N–H and O–H groups in total. The molecule has 0 spiro atoms. The third kappa shape index (κ3) is 1.84. The van der Waals surface area contributed by atoms with Crippen molar-refractivity contribution in [3.8, 4) is 0 Å². The number of thiazole rings is 1. The first kappa shape index (κ1) is 10.2.